The summed E-state index contributed by atoms with van der Waals surface area (Å²) in [5, 5.41) is 0. The molecule has 0 aromatic heterocycles. The maximum absolute atomic E-state index is 4.00. The maximum atomic E-state index is 4.00. The third kappa shape index (κ3) is 8.84. The zero-order valence-electron chi connectivity index (χ0n) is 3.57. The summed E-state index contributed by atoms with van der Waals surface area (Å²) in [5.41, 5.74) is 0. The highest BCUT2D eigenvalue weighted by Gasteiger charge is 1.68. The Bertz CT molecular complexity index is 11.4. The zero-order chi connectivity index (χ0) is 4.12. The van der Waals surface area contributed by atoms with E-state index < -0.39 is 0 Å². The van der Waals surface area contributed by atoms with E-state index in [1.54, 1.807) is 0 Å². The lowest BCUT2D eigenvalue weighted by Crippen LogP contribution is -1.65. The first kappa shape index (κ1) is 9.61. The molecule has 0 unspecified atom stereocenters. The van der Waals surface area contributed by atoms with Gasteiger partial charge < -0.3 is 0 Å². The molecule has 0 saturated heterocycles. The van der Waals surface area contributed by atoms with Gasteiger partial charge in [0.1, 0.15) is 0 Å². The lowest BCUT2D eigenvalue weighted by Gasteiger charge is -1.78. The summed E-state index contributed by atoms with van der Waals surface area (Å²) in [6, 6.07) is 0. The van der Waals surface area contributed by atoms with Crippen molar-refractivity contribution >= 4 is 12.6 Å². The monoisotopic (exact) mass is 106 g/mol. The highest BCUT2D eigenvalue weighted by atomic mass is 32.1. The summed E-state index contributed by atoms with van der Waals surface area (Å²) >= 11 is 4.00. The fraction of sp³-hybridized carbons (Fsp3) is 1.00. The summed E-state index contributed by atoms with van der Waals surface area (Å²) in [5.74, 6) is 1.04. The van der Waals surface area contributed by atoms with Gasteiger partial charge in [-0.1, -0.05) is 20.8 Å². The Balaban J connectivity index is 0. The Morgan fingerprint density at radius 3 is 2.00 bits per heavy atom. The number of thiol groups is 1. The van der Waals surface area contributed by atoms with Gasteiger partial charge in [-0.05, 0) is 12.2 Å². The van der Waals surface area contributed by atoms with Crippen LogP contribution in [0.4, 0.5) is 0 Å². The maximum Gasteiger partial charge on any atom is -0.00980 e. The largest absolute Gasteiger partial charge is 0.179 e. The van der Waals surface area contributed by atoms with E-state index in [4.69, 9.17) is 0 Å². The smallest absolute Gasteiger partial charge is 0.00980 e. The Kier molecular flexibility index (Phi) is 14.4. The molecule has 0 spiro atoms. The summed E-state index contributed by atoms with van der Waals surface area (Å²) in [7, 11) is 0. The van der Waals surface area contributed by atoms with E-state index in [9.17, 15) is 0 Å². The van der Waals surface area contributed by atoms with Gasteiger partial charge in [0.25, 0.3) is 0 Å². The van der Waals surface area contributed by atoms with Gasteiger partial charge in [-0.3, -0.25) is 0 Å². The normalized spacial score (nSPS) is 7.00. The average molecular weight is 106 g/mol. The summed E-state index contributed by atoms with van der Waals surface area (Å²) < 4.78 is 0. The number of hydrogen-bond acceptors (Lipinski definition) is 1. The van der Waals surface area contributed by atoms with Crippen LogP contribution in [0, 0.1) is 0 Å². The molecule has 0 aromatic carbocycles. The first-order valence-corrected chi connectivity index (χ1v) is 2.66. The Hall–Kier alpha value is 0.350. The molecule has 0 radical (unpaired) electrons. The van der Waals surface area contributed by atoms with Crippen molar-refractivity contribution in [3.05, 3.63) is 0 Å². The fourth-order valence-corrected chi connectivity index (χ4v) is 0.474. The number of unbranched alkanes of at least 4 members (excludes halogenated alkanes) is 1. The minimum Gasteiger partial charge on any atom is -0.179 e. The fourth-order valence-electron chi connectivity index (χ4n) is 0.158. The van der Waals surface area contributed by atoms with Crippen molar-refractivity contribution in [2.45, 2.75) is 27.2 Å². The molecule has 0 bridgehead atoms. The predicted molar refractivity (Wildman–Crippen MR) is 35.5 cm³/mol. The van der Waals surface area contributed by atoms with Crippen molar-refractivity contribution in [1.29, 1.82) is 0 Å². The van der Waals surface area contributed by atoms with E-state index in [0.29, 0.717) is 0 Å². The van der Waals surface area contributed by atoms with E-state index >= 15 is 0 Å². The minimum atomic E-state index is 0. The van der Waals surface area contributed by atoms with E-state index in [0.717, 1.165) is 5.75 Å². The molecule has 1 heteroatoms. The Labute approximate surface area is 46.4 Å². The SMILES string of the molecule is C.CCCCS. The van der Waals surface area contributed by atoms with Crippen LogP contribution in [0.5, 0.6) is 0 Å². The van der Waals surface area contributed by atoms with E-state index in [1.807, 2.05) is 0 Å². The molecule has 0 aliphatic heterocycles. The van der Waals surface area contributed by atoms with Gasteiger partial charge in [-0.25, -0.2) is 0 Å². The van der Waals surface area contributed by atoms with E-state index in [1.165, 1.54) is 12.8 Å². The second-order valence-electron chi connectivity index (χ2n) is 1.08. The highest BCUT2D eigenvalue weighted by molar-refractivity contribution is 7.80. The summed E-state index contributed by atoms with van der Waals surface area (Å²) in [6.07, 6.45) is 2.52. The molecule has 0 aromatic rings. The molecule has 0 fully saturated rings. The topological polar surface area (TPSA) is 0 Å². The van der Waals surface area contributed by atoms with Crippen LogP contribution in [-0.2, 0) is 0 Å². The highest BCUT2D eigenvalue weighted by Crippen LogP contribution is 1.85. The van der Waals surface area contributed by atoms with Crippen LogP contribution in [0.2, 0.25) is 0 Å². The van der Waals surface area contributed by atoms with Crippen molar-refractivity contribution in [3.63, 3.8) is 0 Å². The molecule has 0 N–H and O–H groups in total. The zero-order valence-corrected chi connectivity index (χ0v) is 4.46. The van der Waals surface area contributed by atoms with Crippen molar-refractivity contribution in [2.24, 2.45) is 0 Å². The van der Waals surface area contributed by atoms with Crippen LogP contribution in [-0.4, -0.2) is 5.75 Å². The van der Waals surface area contributed by atoms with Crippen molar-refractivity contribution < 1.29 is 0 Å². The van der Waals surface area contributed by atoms with Crippen LogP contribution in [0.15, 0.2) is 0 Å². The number of hydrogen-bond donors (Lipinski definition) is 1. The quantitative estimate of drug-likeness (QED) is 0.513. The van der Waals surface area contributed by atoms with Gasteiger partial charge in [-0.15, -0.1) is 0 Å². The molecular weight excluding hydrogens is 92.1 g/mol. The molecule has 0 atom stereocenters. The molecular formula is C5H14S. The lowest BCUT2D eigenvalue weighted by molar-refractivity contribution is 0.899. The second kappa shape index (κ2) is 9.02. The van der Waals surface area contributed by atoms with Gasteiger partial charge in [-0.2, -0.15) is 12.6 Å². The molecule has 40 valence electrons. The third-order valence-corrected chi connectivity index (χ3v) is 0.828. The second-order valence-corrected chi connectivity index (χ2v) is 1.52. The number of rotatable bonds is 2. The van der Waals surface area contributed by atoms with Gasteiger partial charge in [0.2, 0.25) is 0 Å². The van der Waals surface area contributed by atoms with Gasteiger partial charge in [0.05, 0.1) is 0 Å². The molecule has 0 amide bonds. The molecule has 6 heavy (non-hydrogen) atoms. The molecule has 0 aliphatic carbocycles. The van der Waals surface area contributed by atoms with Crippen LogP contribution in [0.1, 0.15) is 27.2 Å². The lowest BCUT2D eigenvalue weighted by atomic mass is 10.4. The summed E-state index contributed by atoms with van der Waals surface area (Å²) in [6.45, 7) is 2.16. The Morgan fingerprint density at radius 1 is 1.50 bits per heavy atom. The average Bonchev–Trinajstić information content (AvgIpc) is 1.41. The van der Waals surface area contributed by atoms with E-state index in [2.05, 4.69) is 19.6 Å². The van der Waals surface area contributed by atoms with Crippen LogP contribution in [0.3, 0.4) is 0 Å². The predicted octanol–water partition coefficient (Wildman–Crippen LogP) is 2.35. The third-order valence-electron chi connectivity index (χ3n) is 0.512. The van der Waals surface area contributed by atoms with E-state index in [-0.39, 0.29) is 7.43 Å². The van der Waals surface area contributed by atoms with Crippen molar-refractivity contribution in [1.82, 2.24) is 0 Å². The molecule has 0 saturated carbocycles. The summed E-state index contributed by atoms with van der Waals surface area (Å²) in [4.78, 5) is 0. The molecule has 0 nitrogen and oxygen atoms in total. The van der Waals surface area contributed by atoms with Crippen LogP contribution < -0.4 is 0 Å². The van der Waals surface area contributed by atoms with Crippen LogP contribution >= 0.6 is 12.6 Å². The van der Waals surface area contributed by atoms with Crippen molar-refractivity contribution in [3.8, 4) is 0 Å². The first-order valence-electron chi connectivity index (χ1n) is 2.02. The van der Waals surface area contributed by atoms with Gasteiger partial charge >= 0.3 is 0 Å². The Morgan fingerprint density at radius 2 is 2.00 bits per heavy atom. The van der Waals surface area contributed by atoms with Crippen molar-refractivity contribution in [2.75, 3.05) is 5.75 Å². The molecule has 0 rings (SSSR count). The van der Waals surface area contributed by atoms with Gasteiger partial charge in [0, 0.05) is 0 Å². The van der Waals surface area contributed by atoms with Gasteiger partial charge in [0.15, 0.2) is 0 Å². The molecule has 0 aliphatic rings. The molecule has 0 heterocycles. The first-order chi connectivity index (χ1) is 2.41. The standard InChI is InChI=1S/C4H10S.CH4/c1-2-3-4-5;/h5H,2-4H2,1H3;1H4. The van der Waals surface area contributed by atoms with Crippen LogP contribution in [0.25, 0.3) is 0 Å². The minimum absolute atomic E-state index is 0.